The van der Waals surface area contributed by atoms with Crippen LogP contribution >= 0.6 is 0 Å². The van der Waals surface area contributed by atoms with Gasteiger partial charge in [-0.2, -0.15) is 5.26 Å². The first-order valence-electron chi connectivity index (χ1n) is 6.45. The quantitative estimate of drug-likeness (QED) is 0.889. The summed E-state index contributed by atoms with van der Waals surface area (Å²) in [6.45, 7) is 0.00857. The van der Waals surface area contributed by atoms with Crippen LogP contribution in [0.1, 0.15) is 11.1 Å². The Morgan fingerprint density at radius 3 is 2.33 bits per heavy atom. The van der Waals surface area contributed by atoms with E-state index in [0.717, 1.165) is 17.7 Å². The van der Waals surface area contributed by atoms with Crippen molar-refractivity contribution in [3.05, 3.63) is 65.2 Å². The maximum absolute atomic E-state index is 13.6. The van der Waals surface area contributed by atoms with Crippen LogP contribution in [-0.2, 0) is 6.42 Å². The van der Waals surface area contributed by atoms with Crippen LogP contribution in [0.2, 0.25) is 0 Å². The Bertz CT molecular complexity index is 630. The van der Waals surface area contributed by atoms with E-state index in [9.17, 15) is 13.9 Å². The number of hydrogen-bond donors (Lipinski definition) is 2. The number of nitrogens with zero attached hydrogens (tertiary/aromatic N) is 1. The minimum absolute atomic E-state index is 0.00857. The second-order valence-electron chi connectivity index (χ2n) is 4.65. The predicted octanol–water partition coefficient (Wildman–Crippen LogP) is 2.85. The summed E-state index contributed by atoms with van der Waals surface area (Å²) in [6, 6.07) is 12.9. The van der Waals surface area contributed by atoms with E-state index in [2.05, 4.69) is 5.32 Å². The molecule has 108 valence electrons. The number of rotatable bonds is 5. The van der Waals surface area contributed by atoms with Crippen molar-refractivity contribution in [3.8, 4) is 6.07 Å². The largest absolute Gasteiger partial charge is 0.391 e. The third-order valence-electron chi connectivity index (χ3n) is 3.00. The molecule has 0 bridgehead atoms. The zero-order chi connectivity index (χ0) is 15.2. The number of nitriles is 1. The Morgan fingerprint density at radius 2 is 1.76 bits per heavy atom. The van der Waals surface area contributed by atoms with Crippen LogP contribution in [0, 0.1) is 23.0 Å². The molecule has 0 saturated heterocycles. The molecule has 0 amide bonds. The number of halogens is 2. The molecule has 0 radical (unpaired) electrons. The molecule has 2 aromatic carbocycles. The molecule has 1 unspecified atom stereocenters. The van der Waals surface area contributed by atoms with Gasteiger partial charge >= 0.3 is 0 Å². The van der Waals surface area contributed by atoms with Gasteiger partial charge in [0.05, 0.1) is 17.7 Å². The van der Waals surface area contributed by atoms with Crippen molar-refractivity contribution < 1.29 is 13.9 Å². The molecule has 1 atom stereocenters. The zero-order valence-electron chi connectivity index (χ0n) is 11.2. The van der Waals surface area contributed by atoms with Gasteiger partial charge in [-0.15, -0.1) is 0 Å². The summed E-state index contributed by atoms with van der Waals surface area (Å²) in [5.41, 5.74) is 0.522. The molecule has 3 nitrogen and oxygen atoms in total. The van der Waals surface area contributed by atoms with E-state index in [-0.39, 0.29) is 17.8 Å². The molecule has 0 heterocycles. The second-order valence-corrected chi connectivity index (χ2v) is 4.65. The maximum atomic E-state index is 13.6. The van der Waals surface area contributed by atoms with Crippen molar-refractivity contribution in [2.75, 3.05) is 11.9 Å². The smallest absolute Gasteiger partial charge is 0.150 e. The maximum Gasteiger partial charge on any atom is 0.150 e. The van der Waals surface area contributed by atoms with E-state index in [1.54, 1.807) is 6.07 Å². The fourth-order valence-corrected chi connectivity index (χ4v) is 1.98. The number of aliphatic hydroxyl groups is 1. The van der Waals surface area contributed by atoms with E-state index in [1.807, 2.05) is 30.3 Å². The lowest BCUT2D eigenvalue weighted by molar-refractivity contribution is 0.188. The van der Waals surface area contributed by atoms with Gasteiger partial charge in [-0.1, -0.05) is 30.3 Å². The average Bonchev–Trinajstić information content (AvgIpc) is 2.47. The highest BCUT2D eigenvalue weighted by Crippen LogP contribution is 2.20. The second kappa shape index (κ2) is 6.82. The van der Waals surface area contributed by atoms with Crippen molar-refractivity contribution in [1.29, 1.82) is 5.26 Å². The van der Waals surface area contributed by atoms with Crippen molar-refractivity contribution in [2.45, 2.75) is 12.5 Å². The first-order chi connectivity index (χ1) is 10.1. The van der Waals surface area contributed by atoms with Gasteiger partial charge in [0.2, 0.25) is 0 Å². The number of anilines is 1. The van der Waals surface area contributed by atoms with Crippen molar-refractivity contribution in [2.24, 2.45) is 0 Å². The fraction of sp³-hybridized carbons (Fsp3) is 0.188. The monoisotopic (exact) mass is 288 g/mol. The molecule has 0 aromatic heterocycles. The summed E-state index contributed by atoms with van der Waals surface area (Å²) in [7, 11) is 0. The highest BCUT2D eigenvalue weighted by Gasteiger charge is 2.13. The van der Waals surface area contributed by atoms with Crippen molar-refractivity contribution in [1.82, 2.24) is 0 Å². The molecule has 21 heavy (non-hydrogen) atoms. The van der Waals surface area contributed by atoms with E-state index < -0.39 is 17.7 Å². The first kappa shape index (κ1) is 14.9. The molecular weight excluding hydrogens is 274 g/mol. The number of nitrogens with one attached hydrogen (secondary N) is 1. The van der Waals surface area contributed by atoms with Crippen LogP contribution < -0.4 is 5.32 Å². The molecule has 0 spiro atoms. The molecule has 2 N–H and O–H groups in total. The third-order valence-corrected chi connectivity index (χ3v) is 3.00. The molecule has 2 rings (SSSR count). The van der Waals surface area contributed by atoms with Crippen LogP contribution in [0.25, 0.3) is 0 Å². The summed E-state index contributed by atoms with van der Waals surface area (Å²) in [6.07, 6.45) is -0.394. The van der Waals surface area contributed by atoms with Crippen LogP contribution in [0.5, 0.6) is 0 Å². The summed E-state index contributed by atoms with van der Waals surface area (Å²) in [5.74, 6) is -1.70. The summed E-state index contributed by atoms with van der Waals surface area (Å²) < 4.78 is 27.3. The summed E-state index contributed by atoms with van der Waals surface area (Å²) in [5, 5.41) is 21.0. The Hall–Kier alpha value is -2.45. The Morgan fingerprint density at radius 1 is 1.14 bits per heavy atom. The summed E-state index contributed by atoms with van der Waals surface area (Å²) in [4.78, 5) is 0. The van der Waals surface area contributed by atoms with Crippen LogP contribution in [-0.4, -0.2) is 17.8 Å². The normalized spacial score (nSPS) is 11.7. The van der Waals surface area contributed by atoms with E-state index in [4.69, 9.17) is 5.26 Å². The molecule has 0 saturated carbocycles. The van der Waals surface area contributed by atoms with Crippen molar-refractivity contribution >= 4 is 5.69 Å². The molecule has 0 fully saturated rings. The molecule has 2 aromatic rings. The Kier molecular flexibility index (Phi) is 4.85. The highest BCUT2D eigenvalue weighted by atomic mass is 19.1. The number of hydrogen-bond acceptors (Lipinski definition) is 3. The standard InChI is InChI=1S/C16H14F2N2O/c17-14-7-12(9-19)8-15(18)16(14)20-10-13(21)6-11-4-2-1-3-5-11/h1-5,7-8,13,20-21H,6,10H2. The minimum atomic E-state index is -0.849. The number of benzene rings is 2. The number of aliphatic hydroxyl groups excluding tert-OH is 1. The average molecular weight is 288 g/mol. The third kappa shape index (κ3) is 4.01. The Balaban J connectivity index is 1.99. The lowest BCUT2D eigenvalue weighted by atomic mass is 10.1. The summed E-state index contributed by atoms with van der Waals surface area (Å²) >= 11 is 0. The van der Waals surface area contributed by atoms with Crippen LogP contribution in [0.4, 0.5) is 14.5 Å². The topological polar surface area (TPSA) is 56.0 Å². The minimum Gasteiger partial charge on any atom is -0.391 e. The molecule has 0 aliphatic heterocycles. The van der Waals surface area contributed by atoms with E-state index in [1.165, 1.54) is 0 Å². The zero-order valence-corrected chi connectivity index (χ0v) is 11.2. The van der Waals surface area contributed by atoms with Crippen LogP contribution in [0.3, 0.4) is 0 Å². The Labute approximate surface area is 121 Å². The van der Waals surface area contributed by atoms with E-state index >= 15 is 0 Å². The lowest BCUT2D eigenvalue weighted by Gasteiger charge is -2.14. The lowest BCUT2D eigenvalue weighted by Crippen LogP contribution is -2.22. The van der Waals surface area contributed by atoms with Gasteiger partial charge in [0.25, 0.3) is 0 Å². The van der Waals surface area contributed by atoms with Gasteiger partial charge in [0, 0.05) is 13.0 Å². The molecular formula is C16H14F2N2O. The SMILES string of the molecule is N#Cc1cc(F)c(NCC(O)Cc2ccccc2)c(F)c1. The molecule has 0 aliphatic rings. The first-order valence-corrected chi connectivity index (χ1v) is 6.45. The van der Waals surface area contributed by atoms with Gasteiger partial charge in [-0.3, -0.25) is 0 Å². The van der Waals surface area contributed by atoms with E-state index in [0.29, 0.717) is 6.42 Å². The van der Waals surface area contributed by atoms with Crippen molar-refractivity contribution in [3.63, 3.8) is 0 Å². The fourth-order valence-electron chi connectivity index (χ4n) is 1.98. The van der Waals surface area contributed by atoms with Gasteiger partial charge < -0.3 is 10.4 Å². The van der Waals surface area contributed by atoms with Gasteiger partial charge in [0.15, 0.2) is 11.6 Å². The predicted molar refractivity (Wildman–Crippen MR) is 75.7 cm³/mol. The highest BCUT2D eigenvalue weighted by molar-refractivity contribution is 5.50. The molecule has 0 aliphatic carbocycles. The van der Waals surface area contributed by atoms with Gasteiger partial charge in [-0.25, -0.2) is 8.78 Å². The molecule has 5 heteroatoms. The van der Waals surface area contributed by atoms with Gasteiger partial charge in [-0.05, 0) is 17.7 Å². The van der Waals surface area contributed by atoms with Gasteiger partial charge in [0.1, 0.15) is 5.69 Å². The van der Waals surface area contributed by atoms with Crippen LogP contribution in [0.15, 0.2) is 42.5 Å².